The Bertz CT molecular complexity index is 576. The molecule has 2 N–H and O–H groups in total. The fraction of sp³-hybridized carbons (Fsp3) is 0.231. The number of nitrogens with one attached hydrogen (secondary N) is 1. The van der Waals surface area contributed by atoms with Gasteiger partial charge in [-0.3, -0.25) is 4.98 Å². The van der Waals surface area contributed by atoms with Crippen LogP contribution in [0.5, 0.6) is 0 Å². The predicted molar refractivity (Wildman–Crippen MR) is 65.5 cm³/mol. The van der Waals surface area contributed by atoms with Crippen LogP contribution in [0, 0.1) is 0 Å². The molecule has 5 nitrogen and oxygen atoms in total. The molecule has 2 aliphatic heterocycles. The molecule has 0 saturated heterocycles. The summed E-state index contributed by atoms with van der Waals surface area (Å²) >= 11 is 0. The molecule has 3 rings (SSSR count). The lowest BCUT2D eigenvalue weighted by Gasteiger charge is -2.20. The number of carboxylic acid groups (broad SMARTS) is 1. The second kappa shape index (κ2) is 4.18. The summed E-state index contributed by atoms with van der Waals surface area (Å²) in [7, 11) is 0. The van der Waals surface area contributed by atoms with Crippen LogP contribution >= 0.6 is 0 Å². The molecule has 92 valence electrons. The van der Waals surface area contributed by atoms with Crippen molar-refractivity contribution in [2.75, 3.05) is 6.54 Å². The molecule has 0 atom stereocenters. The zero-order valence-corrected chi connectivity index (χ0v) is 9.64. The van der Waals surface area contributed by atoms with Gasteiger partial charge in [-0.25, -0.2) is 4.79 Å². The van der Waals surface area contributed by atoms with E-state index in [0.717, 1.165) is 42.1 Å². The number of ether oxygens (including phenoxy) is 1. The molecule has 1 aromatic heterocycles. The van der Waals surface area contributed by atoms with Crippen LogP contribution in [0.1, 0.15) is 34.5 Å². The van der Waals surface area contributed by atoms with E-state index in [1.807, 2.05) is 0 Å². The Labute approximate surface area is 104 Å². The Morgan fingerprint density at radius 1 is 1.50 bits per heavy atom. The Hall–Kier alpha value is -2.30. The molecule has 5 heteroatoms. The van der Waals surface area contributed by atoms with E-state index >= 15 is 0 Å². The zero-order valence-electron chi connectivity index (χ0n) is 9.64. The topological polar surface area (TPSA) is 71.5 Å². The zero-order chi connectivity index (χ0) is 12.5. The second-order valence-electron chi connectivity index (χ2n) is 4.22. The van der Waals surface area contributed by atoms with Gasteiger partial charge in [-0.15, -0.1) is 0 Å². The van der Waals surface area contributed by atoms with Gasteiger partial charge in [0.1, 0.15) is 5.76 Å². The van der Waals surface area contributed by atoms with E-state index in [-0.39, 0.29) is 5.56 Å². The predicted octanol–water partition coefficient (Wildman–Crippen LogP) is 1.83. The molecule has 0 bridgehead atoms. The molecule has 0 aliphatic carbocycles. The third-order valence-corrected chi connectivity index (χ3v) is 3.02. The number of allylic oxidation sites excluding steroid dienone is 1. The number of hydrogen-bond acceptors (Lipinski definition) is 4. The number of fused-ring (bicyclic) bond motifs is 2. The fourth-order valence-corrected chi connectivity index (χ4v) is 2.14. The van der Waals surface area contributed by atoms with Gasteiger partial charge in [-0.2, -0.15) is 0 Å². The highest BCUT2D eigenvalue weighted by Crippen LogP contribution is 2.29. The first-order valence-electron chi connectivity index (χ1n) is 5.79. The lowest BCUT2D eigenvalue weighted by molar-refractivity contribution is 0.0696. The maximum absolute atomic E-state index is 10.9. The summed E-state index contributed by atoms with van der Waals surface area (Å²) in [5.41, 5.74) is 2.56. The van der Waals surface area contributed by atoms with Crippen LogP contribution < -0.4 is 5.32 Å². The van der Waals surface area contributed by atoms with Crippen LogP contribution in [0.15, 0.2) is 24.3 Å². The lowest BCUT2D eigenvalue weighted by atomic mass is 10.0. The van der Waals surface area contributed by atoms with Crippen molar-refractivity contribution in [1.82, 2.24) is 10.3 Å². The first kappa shape index (κ1) is 10.8. The molecule has 0 amide bonds. The van der Waals surface area contributed by atoms with Gasteiger partial charge >= 0.3 is 5.97 Å². The van der Waals surface area contributed by atoms with Crippen molar-refractivity contribution in [2.45, 2.75) is 12.8 Å². The molecule has 0 saturated carbocycles. The molecule has 2 aliphatic rings. The Morgan fingerprint density at radius 3 is 3.22 bits per heavy atom. The van der Waals surface area contributed by atoms with E-state index in [0.29, 0.717) is 0 Å². The van der Waals surface area contributed by atoms with Gasteiger partial charge in [0.2, 0.25) is 0 Å². The number of pyridine rings is 1. The summed E-state index contributed by atoms with van der Waals surface area (Å²) in [4.78, 5) is 15.2. The standard InChI is InChI=1S/C13H12N2O3/c16-13(17)9-6-8-3-5-18-10-2-1-4-14-12(10)11(8)15-7-9/h3,5-7,14H,1-2,4H2,(H,16,17). The van der Waals surface area contributed by atoms with Gasteiger partial charge in [-0.1, -0.05) is 0 Å². The number of hydrogen-bond donors (Lipinski definition) is 2. The second-order valence-corrected chi connectivity index (χ2v) is 4.22. The van der Waals surface area contributed by atoms with Gasteiger partial charge in [0.15, 0.2) is 0 Å². The third kappa shape index (κ3) is 1.73. The molecule has 1 aromatic rings. The van der Waals surface area contributed by atoms with E-state index in [2.05, 4.69) is 10.3 Å². The largest absolute Gasteiger partial charge is 0.478 e. The van der Waals surface area contributed by atoms with Crippen LogP contribution in [0.3, 0.4) is 0 Å². The maximum atomic E-state index is 10.9. The molecular weight excluding hydrogens is 232 g/mol. The quantitative estimate of drug-likeness (QED) is 0.788. The average molecular weight is 244 g/mol. The summed E-state index contributed by atoms with van der Waals surface area (Å²) in [6.45, 7) is 0.879. The summed E-state index contributed by atoms with van der Waals surface area (Å²) in [6, 6.07) is 1.61. The number of aromatic nitrogens is 1. The monoisotopic (exact) mass is 244 g/mol. The molecule has 3 heterocycles. The van der Waals surface area contributed by atoms with E-state index in [1.165, 1.54) is 6.20 Å². The molecule has 18 heavy (non-hydrogen) atoms. The molecule has 0 aromatic carbocycles. The van der Waals surface area contributed by atoms with Crippen LogP contribution in [0.25, 0.3) is 11.8 Å². The molecular formula is C13H12N2O3. The van der Waals surface area contributed by atoms with E-state index in [1.54, 1.807) is 18.4 Å². The highest BCUT2D eigenvalue weighted by atomic mass is 16.5. The minimum Gasteiger partial charge on any atom is -0.478 e. The number of aromatic carboxylic acids is 1. The molecule has 0 radical (unpaired) electrons. The Balaban J connectivity index is 2.14. The van der Waals surface area contributed by atoms with Crippen molar-refractivity contribution >= 4 is 17.7 Å². The summed E-state index contributed by atoms with van der Waals surface area (Å²) in [6.07, 6.45) is 6.60. The summed E-state index contributed by atoms with van der Waals surface area (Å²) < 4.78 is 5.54. The van der Waals surface area contributed by atoms with Crippen molar-refractivity contribution in [2.24, 2.45) is 0 Å². The van der Waals surface area contributed by atoms with Crippen molar-refractivity contribution in [1.29, 1.82) is 0 Å². The van der Waals surface area contributed by atoms with Crippen LogP contribution in [-0.4, -0.2) is 22.6 Å². The maximum Gasteiger partial charge on any atom is 0.337 e. The normalized spacial score (nSPS) is 17.1. The number of nitrogens with zero attached hydrogens (tertiary/aromatic N) is 1. The highest BCUT2D eigenvalue weighted by molar-refractivity contribution is 5.89. The number of rotatable bonds is 1. The van der Waals surface area contributed by atoms with E-state index in [4.69, 9.17) is 9.84 Å². The van der Waals surface area contributed by atoms with Crippen LogP contribution in [-0.2, 0) is 4.74 Å². The smallest absolute Gasteiger partial charge is 0.337 e. The van der Waals surface area contributed by atoms with Crippen LogP contribution in [0.2, 0.25) is 0 Å². The fourth-order valence-electron chi connectivity index (χ4n) is 2.14. The molecule has 0 unspecified atom stereocenters. The van der Waals surface area contributed by atoms with Gasteiger partial charge < -0.3 is 15.2 Å². The number of carbonyl (C=O) groups is 1. The summed E-state index contributed by atoms with van der Waals surface area (Å²) in [5.74, 6) is -0.110. The van der Waals surface area contributed by atoms with Crippen molar-refractivity contribution in [3.8, 4) is 0 Å². The first-order valence-corrected chi connectivity index (χ1v) is 5.79. The summed E-state index contributed by atoms with van der Waals surface area (Å²) in [5, 5.41) is 12.2. The minimum absolute atomic E-state index is 0.179. The minimum atomic E-state index is -0.977. The van der Waals surface area contributed by atoms with Crippen LogP contribution in [0.4, 0.5) is 0 Å². The average Bonchev–Trinajstić information content (AvgIpc) is 2.57. The van der Waals surface area contributed by atoms with E-state index < -0.39 is 5.97 Å². The molecule has 0 spiro atoms. The van der Waals surface area contributed by atoms with Gasteiger partial charge in [0.05, 0.1) is 23.2 Å². The van der Waals surface area contributed by atoms with Crippen molar-refractivity contribution < 1.29 is 14.6 Å². The van der Waals surface area contributed by atoms with Crippen molar-refractivity contribution in [3.63, 3.8) is 0 Å². The lowest BCUT2D eigenvalue weighted by Crippen LogP contribution is -2.22. The number of carboxylic acids is 1. The van der Waals surface area contributed by atoms with Gasteiger partial charge in [0, 0.05) is 24.7 Å². The molecule has 0 fully saturated rings. The van der Waals surface area contributed by atoms with E-state index in [9.17, 15) is 4.79 Å². The van der Waals surface area contributed by atoms with Crippen molar-refractivity contribution in [3.05, 3.63) is 41.1 Å². The van der Waals surface area contributed by atoms with Gasteiger partial charge in [-0.05, 0) is 18.6 Å². The Kier molecular flexibility index (Phi) is 2.51. The SMILES string of the molecule is O=C(O)c1cnc2c(c1)C=COC1=C2NCCC1. The third-order valence-electron chi connectivity index (χ3n) is 3.02. The van der Waals surface area contributed by atoms with Gasteiger partial charge in [0.25, 0.3) is 0 Å². The highest BCUT2D eigenvalue weighted by Gasteiger charge is 2.21. The Morgan fingerprint density at radius 2 is 2.39 bits per heavy atom. The first-order chi connectivity index (χ1) is 8.75.